The van der Waals surface area contributed by atoms with Crippen LogP contribution in [0.2, 0.25) is 25.1 Å². The summed E-state index contributed by atoms with van der Waals surface area (Å²) in [5.41, 5.74) is 0.914. The fourth-order valence-electron chi connectivity index (χ4n) is 2.12. The molecule has 0 bridgehead atoms. The molecule has 2 rings (SSSR count). The van der Waals surface area contributed by atoms with Crippen molar-refractivity contribution in [1.82, 2.24) is 0 Å². The largest absolute Gasteiger partial charge is 0.238 e. The summed E-state index contributed by atoms with van der Waals surface area (Å²) < 4.78 is 0. The third-order valence-corrected chi connectivity index (χ3v) is 5.03. The standard InChI is InChI=1S/C16H4Cl5N3/c1-23-12-4-7(17)3-11(18)9(12)5-8-10(6-22)14(20)16(24-2)15(21)13(8)19/h3-4H,5H2. The van der Waals surface area contributed by atoms with E-state index in [2.05, 4.69) is 9.69 Å². The lowest BCUT2D eigenvalue weighted by atomic mass is 9.98. The molecule has 0 N–H and O–H groups in total. The first-order valence-electron chi connectivity index (χ1n) is 6.17. The molecule has 2 aromatic rings. The van der Waals surface area contributed by atoms with Crippen molar-refractivity contribution in [3.05, 3.63) is 76.8 Å². The highest BCUT2D eigenvalue weighted by Crippen LogP contribution is 2.45. The van der Waals surface area contributed by atoms with Crippen molar-refractivity contribution in [1.29, 1.82) is 5.26 Å². The molecule has 0 radical (unpaired) electrons. The van der Waals surface area contributed by atoms with Crippen LogP contribution in [0.4, 0.5) is 11.4 Å². The van der Waals surface area contributed by atoms with E-state index >= 15 is 0 Å². The highest BCUT2D eigenvalue weighted by atomic mass is 35.5. The van der Waals surface area contributed by atoms with E-state index in [1.54, 1.807) is 0 Å². The van der Waals surface area contributed by atoms with Crippen molar-refractivity contribution in [2.24, 2.45) is 0 Å². The molecular weight excluding hydrogens is 411 g/mol. The Morgan fingerprint density at radius 1 is 0.917 bits per heavy atom. The Labute approximate surface area is 163 Å². The summed E-state index contributed by atoms with van der Waals surface area (Å²) in [5.74, 6) is 0. The number of nitriles is 1. The number of benzene rings is 2. The number of rotatable bonds is 2. The van der Waals surface area contributed by atoms with Crippen LogP contribution in [0.5, 0.6) is 0 Å². The Kier molecular flexibility index (Phi) is 5.84. The van der Waals surface area contributed by atoms with Crippen LogP contribution in [-0.2, 0) is 6.42 Å². The molecule has 0 spiro atoms. The summed E-state index contributed by atoms with van der Waals surface area (Å²) in [4.78, 5) is 6.60. The van der Waals surface area contributed by atoms with Gasteiger partial charge in [0.15, 0.2) is 5.69 Å². The highest BCUT2D eigenvalue weighted by molar-refractivity contribution is 6.47. The molecule has 0 aromatic heterocycles. The molecule has 118 valence electrons. The predicted octanol–water partition coefficient (Wildman–Crippen LogP) is 7.52. The third-order valence-electron chi connectivity index (χ3n) is 3.23. The minimum Gasteiger partial charge on any atom is -0.238 e. The smallest absolute Gasteiger partial charge is 0.226 e. The lowest BCUT2D eigenvalue weighted by Crippen LogP contribution is -1.98. The Bertz CT molecular complexity index is 978. The topological polar surface area (TPSA) is 32.5 Å². The fraction of sp³-hybridized carbons (Fsp3) is 0.0625. The van der Waals surface area contributed by atoms with Gasteiger partial charge in [0.1, 0.15) is 0 Å². The molecule has 0 fully saturated rings. The van der Waals surface area contributed by atoms with Gasteiger partial charge in [-0.25, -0.2) is 9.69 Å². The second-order valence-electron chi connectivity index (χ2n) is 4.54. The van der Waals surface area contributed by atoms with Gasteiger partial charge in [0.05, 0.1) is 39.8 Å². The maximum Gasteiger partial charge on any atom is 0.226 e. The van der Waals surface area contributed by atoms with Crippen LogP contribution in [0.1, 0.15) is 16.7 Å². The second kappa shape index (κ2) is 7.50. The van der Waals surface area contributed by atoms with Crippen molar-refractivity contribution in [2.75, 3.05) is 0 Å². The van der Waals surface area contributed by atoms with Gasteiger partial charge < -0.3 is 0 Å². The normalized spacial score (nSPS) is 9.92. The summed E-state index contributed by atoms with van der Waals surface area (Å²) in [7, 11) is 0. The van der Waals surface area contributed by atoms with Gasteiger partial charge in [-0.15, -0.1) is 0 Å². The third kappa shape index (κ3) is 3.26. The van der Waals surface area contributed by atoms with Gasteiger partial charge in [-0.2, -0.15) is 5.26 Å². The Morgan fingerprint density at radius 2 is 1.58 bits per heavy atom. The molecule has 0 unspecified atom stereocenters. The van der Waals surface area contributed by atoms with E-state index in [0.717, 1.165) is 0 Å². The van der Waals surface area contributed by atoms with Gasteiger partial charge in [-0.1, -0.05) is 58.0 Å². The second-order valence-corrected chi connectivity index (χ2v) is 6.52. The number of hydrogen-bond acceptors (Lipinski definition) is 1. The van der Waals surface area contributed by atoms with Crippen LogP contribution >= 0.6 is 58.0 Å². The minimum absolute atomic E-state index is 0.0269. The molecule has 24 heavy (non-hydrogen) atoms. The van der Waals surface area contributed by atoms with Gasteiger partial charge in [-0.3, -0.25) is 0 Å². The summed E-state index contributed by atoms with van der Waals surface area (Å²) in [6.07, 6.45) is 0.0488. The van der Waals surface area contributed by atoms with E-state index in [-0.39, 0.29) is 43.4 Å². The van der Waals surface area contributed by atoms with Crippen LogP contribution in [0, 0.1) is 24.5 Å². The van der Waals surface area contributed by atoms with Crippen LogP contribution in [0.15, 0.2) is 12.1 Å². The summed E-state index contributed by atoms with van der Waals surface area (Å²) in [5, 5.41) is 9.89. The van der Waals surface area contributed by atoms with Crippen LogP contribution in [0.3, 0.4) is 0 Å². The Balaban J connectivity index is 2.76. The first kappa shape index (κ1) is 18.7. The van der Waals surface area contributed by atoms with E-state index in [1.807, 2.05) is 6.07 Å². The van der Waals surface area contributed by atoms with Gasteiger partial charge >= 0.3 is 0 Å². The zero-order valence-electron chi connectivity index (χ0n) is 11.6. The highest BCUT2D eigenvalue weighted by Gasteiger charge is 2.23. The number of halogens is 5. The molecule has 0 aliphatic rings. The van der Waals surface area contributed by atoms with Gasteiger partial charge in [-0.05, 0) is 29.7 Å². The summed E-state index contributed by atoms with van der Waals surface area (Å²) in [6.45, 7) is 14.4. The first-order chi connectivity index (χ1) is 11.3. The lowest BCUT2D eigenvalue weighted by molar-refractivity contribution is 1.19. The molecule has 8 heteroatoms. The van der Waals surface area contributed by atoms with Crippen molar-refractivity contribution in [3.8, 4) is 6.07 Å². The van der Waals surface area contributed by atoms with E-state index < -0.39 is 0 Å². The van der Waals surface area contributed by atoms with E-state index in [1.165, 1.54) is 12.1 Å². The zero-order valence-corrected chi connectivity index (χ0v) is 15.4. The number of hydrogen-bond donors (Lipinski definition) is 0. The summed E-state index contributed by atoms with van der Waals surface area (Å²) in [6, 6.07) is 4.88. The monoisotopic (exact) mass is 413 g/mol. The first-order valence-corrected chi connectivity index (χ1v) is 8.06. The van der Waals surface area contributed by atoms with Gasteiger partial charge in [0, 0.05) is 10.0 Å². The maximum absolute atomic E-state index is 9.40. The predicted molar refractivity (Wildman–Crippen MR) is 98.0 cm³/mol. The average Bonchev–Trinajstić information content (AvgIpc) is 2.54. The molecular formula is C16H4Cl5N3. The van der Waals surface area contributed by atoms with Crippen molar-refractivity contribution >= 4 is 69.4 Å². The molecule has 0 aliphatic carbocycles. The average molecular weight is 415 g/mol. The lowest BCUT2D eigenvalue weighted by Gasteiger charge is -2.14. The molecule has 0 saturated heterocycles. The van der Waals surface area contributed by atoms with Crippen molar-refractivity contribution in [3.63, 3.8) is 0 Å². The molecule has 0 amide bonds. The SMILES string of the molecule is [C-]#[N+]c1cc(Cl)cc(Cl)c1Cc1c(Cl)c(Cl)c([N+]#[C-])c(Cl)c1C#N. The minimum atomic E-state index is -0.0868. The van der Waals surface area contributed by atoms with E-state index in [0.29, 0.717) is 16.1 Å². The van der Waals surface area contributed by atoms with Crippen LogP contribution in [0.25, 0.3) is 9.69 Å². The zero-order chi connectivity index (χ0) is 18.0. The molecule has 0 aliphatic heterocycles. The maximum atomic E-state index is 9.40. The molecule has 0 saturated carbocycles. The fourth-order valence-corrected chi connectivity index (χ4v) is 3.51. The van der Waals surface area contributed by atoms with Crippen LogP contribution < -0.4 is 0 Å². The van der Waals surface area contributed by atoms with Crippen molar-refractivity contribution < 1.29 is 0 Å². The van der Waals surface area contributed by atoms with E-state index in [9.17, 15) is 5.26 Å². The van der Waals surface area contributed by atoms with Gasteiger partial charge in [0.2, 0.25) is 5.69 Å². The van der Waals surface area contributed by atoms with E-state index in [4.69, 9.17) is 71.1 Å². The molecule has 3 nitrogen and oxygen atoms in total. The molecule has 0 heterocycles. The molecule has 0 atom stereocenters. The summed E-state index contributed by atoms with van der Waals surface area (Å²) >= 11 is 30.5. The Hall–Kier alpha value is -1.64. The van der Waals surface area contributed by atoms with Crippen molar-refractivity contribution in [2.45, 2.75) is 6.42 Å². The molecule has 2 aromatic carbocycles. The number of nitrogens with zero attached hydrogens (tertiary/aromatic N) is 3. The van der Waals surface area contributed by atoms with Gasteiger partial charge in [0.25, 0.3) is 0 Å². The van der Waals surface area contributed by atoms with Crippen LogP contribution in [-0.4, -0.2) is 0 Å². The Morgan fingerprint density at radius 3 is 2.12 bits per heavy atom. The quantitative estimate of drug-likeness (QED) is 0.369.